The molecule has 0 saturated carbocycles. The van der Waals surface area contributed by atoms with Crippen LogP contribution in [0.5, 0.6) is 0 Å². The highest BCUT2D eigenvalue weighted by Crippen LogP contribution is 2.06. The van der Waals surface area contributed by atoms with Crippen LogP contribution in [0.1, 0.15) is 25.0 Å². The van der Waals surface area contributed by atoms with Crippen molar-refractivity contribution >= 4 is 5.97 Å². The van der Waals surface area contributed by atoms with Crippen molar-refractivity contribution in [2.24, 2.45) is 5.92 Å². The summed E-state index contributed by atoms with van der Waals surface area (Å²) in [5.41, 5.74) is 2.22. The quantitative estimate of drug-likeness (QED) is 0.688. The maximum Gasteiger partial charge on any atom is 0.308 e. The monoisotopic (exact) mass is 192 g/mol. The summed E-state index contributed by atoms with van der Waals surface area (Å²) in [7, 11) is 0. The molecule has 0 spiro atoms. The highest BCUT2D eigenvalue weighted by atomic mass is 16.5. The first-order valence-electron chi connectivity index (χ1n) is 4.82. The van der Waals surface area contributed by atoms with E-state index in [2.05, 4.69) is 0 Å². The fourth-order valence-corrected chi connectivity index (χ4v) is 1.12. The largest absolute Gasteiger partial charge is 0.461 e. The number of ether oxygens (including phenoxy) is 1. The highest BCUT2D eigenvalue weighted by molar-refractivity contribution is 5.71. The average Bonchev–Trinajstić information content (AvgIpc) is 2.14. The number of rotatable bonds is 3. The van der Waals surface area contributed by atoms with Gasteiger partial charge in [-0.05, 0) is 12.5 Å². The standard InChI is InChI=1S/C12H16O2/c1-9(2)12(13)14-8-11-6-4-5-10(3)7-11/h4-7,9H,8H2,1-3H3. The first-order chi connectivity index (χ1) is 6.59. The van der Waals surface area contributed by atoms with Crippen LogP contribution in [0.25, 0.3) is 0 Å². The van der Waals surface area contributed by atoms with Crippen LogP contribution in [-0.4, -0.2) is 5.97 Å². The summed E-state index contributed by atoms with van der Waals surface area (Å²) >= 11 is 0. The lowest BCUT2D eigenvalue weighted by Gasteiger charge is -2.07. The van der Waals surface area contributed by atoms with Crippen LogP contribution < -0.4 is 0 Å². The van der Waals surface area contributed by atoms with E-state index in [0.29, 0.717) is 6.61 Å². The second-order valence-corrected chi connectivity index (χ2v) is 3.75. The van der Waals surface area contributed by atoms with Crippen molar-refractivity contribution < 1.29 is 9.53 Å². The van der Waals surface area contributed by atoms with Gasteiger partial charge >= 0.3 is 5.97 Å². The zero-order valence-electron chi connectivity index (χ0n) is 8.91. The molecule has 0 bridgehead atoms. The molecule has 0 amide bonds. The molecular formula is C12H16O2. The number of benzene rings is 1. The van der Waals surface area contributed by atoms with E-state index in [4.69, 9.17) is 4.74 Å². The smallest absolute Gasteiger partial charge is 0.308 e. The van der Waals surface area contributed by atoms with Crippen LogP contribution in [0.4, 0.5) is 0 Å². The van der Waals surface area contributed by atoms with Crippen molar-refractivity contribution in [2.75, 3.05) is 0 Å². The third-order valence-corrected chi connectivity index (χ3v) is 1.93. The van der Waals surface area contributed by atoms with E-state index >= 15 is 0 Å². The van der Waals surface area contributed by atoms with Crippen molar-refractivity contribution in [3.05, 3.63) is 35.4 Å². The second-order valence-electron chi connectivity index (χ2n) is 3.75. The normalized spacial score (nSPS) is 10.3. The Kier molecular flexibility index (Phi) is 3.69. The summed E-state index contributed by atoms with van der Waals surface area (Å²) in [4.78, 5) is 11.2. The topological polar surface area (TPSA) is 26.3 Å². The molecule has 0 aliphatic rings. The maximum absolute atomic E-state index is 11.2. The number of aryl methyl sites for hydroxylation is 1. The number of carbonyl (C=O) groups is 1. The SMILES string of the molecule is Cc1cccc(COC(=O)C(C)C)c1. The van der Waals surface area contributed by atoms with Crippen LogP contribution in [0.15, 0.2) is 24.3 Å². The second kappa shape index (κ2) is 4.80. The van der Waals surface area contributed by atoms with Gasteiger partial charge in [-0.15, -0.1) is 0 Å². The molecule has 0 aliphatic carbocycles. The van der Waals surface area contributed by atoms with E-state index in [9.17, 15) is 4.79 Å². The number of carbonyl (C=O) groups excluding carboxylic acids is 1. The van der Waals surface area contributed by atoms with Gasteiger partial charge in [0.1, 0.15) is 6.61 Å². The van der Waals surface area contributed by atoms with Crippen molar-refractivity contribution in [1.29, 1.82) is 0 Å². The highest BCUT2D eigenvalue weighted by Gasteiger charge is 2.07. The predicted molar refractivity (Wildman–Crippen MR) is 55.8 cm³/mol. The molecule has 0 N–H and O–H groups in total. The first kappa shape index (κ1) is 10.8. The van der Waals surface area contributed by atoms with Gasteiger partial charge in [0.05, 0.1) is 5.92 Å². The molecule has 0 fully saturated rings. The molecule has 76 valence electrons. The van der Waals surface area contributed by atoms with Gasteiger partial charge in [0, 0.05) is 0 Å². The van der Waals surface area contributed by atoms with Gasteiger partial charge in [0.15, 0.2) is 0 Å². The summed E-state index contributed by atoms with van der Waals surface area (Å²) in [6.45, 7) is 6.06. The zero-order chi connectivity index (χ0) is 10.6. The molecule has 0 radical (unpaired) electrons. The molecular weight excluding hydrogens is 176 g/mol. The Bertz CT molecular complexity index is 316. The van der Waals surface area contributed by atoms with Crippen molar-refractivity contribution in [3.8, 4) is 0 Å². The summed E-state index contributed by atoms with van der Waals surface area (Å²) in [6.07, 6.45) is 0. The van der Waals surface area contributed by atoms with E-state index in [1.807, 2.05) is 45.0 Å². The molecule has 2 heteroatoms. The molecule has 0 unspecified atom stereocenters. The maximum atomic E-state index is 11.2. The lowest BCUT2D eigenvalue weighted by atomic mass is 10.1. The minimum Gasteiger partial charge on any atom is -0.461 e. The van der Waals surface area contributed by atoms with E-state index in [-0.39, 0.29) is 11.9 Å². The molecule has 0 heterocycles. The lowest BCUT2D eigenvalue weighted by Crippen LogP contribution is -2.11. The third kappa shape index (κ3) is 3.21. The van der Waals surface area contributed by atoms with Crippen LogP contribution in [0.3, 0.4) is 0 Å². The molecule has 0 aliphatic heterocycles. The molecule has 2 nitrogen and oxygen atoms in total. The summed E-state index contributed by atoms with van der Waals surface area (Å²) in [5.74, 6) is -0.202. The van der Waals surface area contributed by atoms with Gasteiger partial charge in [-0.25, -0.2) is 0 Å². The minimum absolute atomic E-state index is 0.0557. The Morgan fingerprint density at radius 2 is 2.14 bits per heavy atom. The summed E-state index contributed by atoms with van der Waals surface area (Å²) < 4.78 is 5.11. The molecule has 0 aromatic heterocycles. The Hall–Kier alpha value is -1.31. The van der Waals surface area contributed by atoms with Crippen molar-refractivity contribution in [1.82, 2.24) is 0 Å². The third-order valence-electron chi connectivity index (χ3n) is 1.93. The van der Waals surface area contributed by atoms with Gasteiger partial charge in [0.25, 0.3) is 0 Å². The van der Waals surface area contributed by atoms with Gasteiger partial charge in [-0.3, -0.25) is 4.79 Å². The van der Waals surface area contributed by atoms with Crippen LogP contribution >= 0.6 is 0 Å². The number of hydrogen-bond acceptors (Lipinski definition) is 2. The Morgan fingerprint density at radius 1 is 1.43 bits per heavy atom. The van der Waals surface area contributed by atoms with Crippen LogP contribution in [-0.2, 0) is 16.1 Å². The van der Waals surface area contributed by atoms with E-state index < -0.39 is 0 Å². The Balaban J connectivity index is 2.50. The fourth-order valence-electron chi connectivity index (χ4n) is 1.12. The zero-order valence-corrected chi connectivity index (χ0v) is 8.91. The minimum atomic E-state index is -0.147. The Labute approximate surface area is 84.9 Å². The Morgan fingerprint density at radius 3 is 2.71 bits per heavy atom. The molecule has 0 atom stereocenters. The molecule has 1 aromatic carbocycles. The molecule has 1 aromatic rings. The first-order valence-corrected chi connectivity index (χ1v) is 4.82. The van der Waals surface area contributed by atoms with Crippen molar-refractivity contribution in [3.63, 3.8) is 0 Å². The van der Waals surface area contributed by atoms with Gasteiger partial charge in [-0.1, -0.05) is 43.7 Å². The van der Waals surface area contributed by atoms with Crippen molar-refractivity contribution in [2.45, 2.75) is 27.4 Å². The number of hydrogen-bond donors (Lipinski definition) is 0. The van der Waals surface area contributed by atoms with Crippen LogP contribution in [0, 0.1) is 12.8 Å². The summed E-state index contributed by atoms with van der Waals surface area (Å²) in [5, 5.41) is 0. The van der Waals surface area contributed by atoms with Gasteiger partial charge in [-0.2, -0.15) is 0 Å². The fraction of sp³-hybridized carbons (Fsp3) is 0.417. The van der Waals surface area contributed by atoms with E-state index in [0.717, 1.165) is 5.56 Å². The molecule has 14 heavy (non-hydrogen) atoms. The molecule has 1 rings (SSSR count). The van der Waals surface area contributed by atoms with Gasteiger partial charge < -0.3 is 4.74 Å². The molecule has 0 saturated heterocycles. The van der Waals surface area contributed by atoms with E-state index in [1.54, 1.807) is 0 Å². The summed E-state index contributed by atoms with van der Waals surface area (Å²) in [6, 6.07) is 7.97. The predicted octanol–water partition coefficient (Wildman–Crippen LogP) is 2.69. The van der Waals surface area contributed by atoms with Crippen LogP contribution in [0.2, 0.25) is 0 Å². The van der Waals surface area contributed by atoms with E-state index in [1.165, 1.54) is 5.56 Å². The van der Waals surface area contributed by atoms with Gasteiger partial charge in [0.2, 0.25) is 0 Å². The lowest BCUT2D eigenvalue weighted by molar-refractivity contribution is -0.148. The number of esters is 1. The average molecular weight is 192 g/mol.